The quantitative estimate of drug-likeness (QED) is 0.721. The van der Waals surface area contributed by atoms with E-state index < -0.39 is 0 Å². The van der Waals surface area contributed by atoms with E-state index in [0.717, 1.165) is 0 Å². The van der Waals surface area contributed by atoms with Gasteiger partial charge in [0.25, 0.3) is 0 Å². The number of hydrogen-bond donors (Lipinski definition) is 0. The summed E-state index contributed by atoms with van der Waals surface area (Å²) in [6.07, 6.45) is 0.377. The van der Waals surface area contributed by atoms with Gasteiger partial charge in [0.2, 0.25) is 17.7 Å². The molecule has 2 saturated heterocycles. The molecule has 23 heavy (non-hydrogen) atoms. The number of amides is 3. The zero-order chi connectivity index (χ0) is 17.2. The first-order chi connectivity index (χ1) is 10.8. The molecule has 0 aromatic rings. The van der Waals surface area contributed by atoms with Crippen LogP contribution < -0.4 is 0 Å². The molecule has 2 rings (SSSR count). The van der Waals surface area contributed by atoms with Crippen molar-refractivity contribution in [1.82, 2.24) is 14.7 Å². The van der Waals surface area contributed by atoms with E-state index in [9.17, 15) is 14.4 Å². The number of methoxy groups -OCH3 is 1. The second-order valence-corrected chi connectivity index (χ2v) is 7.09. The van der Waals surface area contributed by atoms with Crippen molar-refractivity contribution in [3.05, 3.63) is 0 Å². The molecule has 1 spiro atoms. The summed E-state index contributed by atoms with van der Waals surface area (Å²) in [5.74, 6) is -0.0359. The Bertz CT molecular complexity index is 494. The van der Waals surface area contributed by atoms with Crippen LogP contribution in [0.25, 0.3) is 0 Å². The maximum atomic E-state index is 12.5. The van der Waals surface area contributed by atoms with Gasteiger partial charge in [-0.25, -0.2) is 0 Å². The van der Waals surface area contributed by atoms with Crippen molar-refractivity contribution in [1.29, 1.82) is 0 Å². The lowest BCUT2D eigenvalue weighted by Gasteiger charge is -2.33. The monoisotopic (exact) mass is 325 g/mol. The molecule has 3 amide bonds. The second kappa shape index (κ2) is 6.86. The Morgan fingerprint density at radius 3 is 2.30 bits per heavy atom. The molecule has 0 unspecified atom stereocenters. The van der Waals surface area contributed by atoms with Gasteiger partial charge in [0.15, 0.2) is 0 Å². The van der Waals surface area contributed by atoms with Crippen molar-refractivity contribution in [2.24, 2.45) is 11.3 Å². The minimum Gasteiger partial charge on any atom is -0.375 e. The number of ether oxygens (including phenoxy) is 1. The Balaban J connectivity index is 2.24. The molecule has 0 bridgehead atoms. The third-order valence-electron chi connectivity index (χ3n) is 4.64. The number of hydrogen-bond acceptors (Lipinski definition) is 4. The molecule has 0 aromatic heterocycles. The van der Waals surface area contributed by atoms with Gasteiger partial charge in [-0.1, -0.05) is 13.8 Å². The van der Waals surface area contributed by atoms with Crippen LogP contribution >= 0.6 is 0 Å². The van der Waals surface area contributed by atoms with Crippen LogP contribution in [0, 0.1) is 11.3 Å². The molecule has 0 radical (unpaired) electrons. The van der Waals surface area contributed by atoms with E-state index in [1.165, 1.54) is 7.11 Å². The van der Waals surface area contributed by atoms with Crippen LogP contribution in [0.5, 0.6) is 0 Å². The molecular formula is C16H27N3O4. The maximum Gasteiger partial charge on any atom is 0.248 e. The highest BCUT2D eigenvalue weighted by molar-refractivity contribution is 5.82. The van der Waals surface area contributed by atoms with E-state index in [-0.39, 0.29) is 35.7 Å². The molecular weight excluding hydrogens is 298 g/mol. The lowest BCUT2D eigenvalue weighted by molar-refractivity contribution is -0.137. The van der Waals surface area contributed by atoms with Crippen LogP contribution in [-0.4, -0.2) is 85.9 Å². The number of nitrogens with zero attached hydrogens (tertiary/aromatic N) is 3. The number of rotatable bonds is 3. The summed E-state index contributed by atoms with van der Waals surface area (Å²) in [5.41, 5.74) is -0.379. The molecule has 2 aliphatic rings. The first-order valence-electron chi connectivity index (χ1n) is 8.07. The predicted octanol–water partition coefficient (Wildman–Crippen LogP) is -0.192. The average molecular weight is 325 g/mol. The Morgan fingerprint density at radius 2 is 1.78 bits per heavy atom. The summed E-state index contributed by atoms with van der Waals surface area (Å²) < 4.78 is 4.95. The summed E-state index contributed by atoms with van der Waals surface area (Å²) in [6, 6.07) is 0. The van der Waals surface area contributed by atoms with Crippen molar-refractivity contribution in [3.8, 4) is 0 Å². The molecule has 0 aromatic carbocycles. The normalized spacial score (nSPS) is 25.4. The second-order valence-electron chi connectivity index (χ2n) is 7.09. The van der Waals surface area contributed by atoms with Gasteiger partial charge in [-0.2, -0.15) is 0 Å². The largest absolute Gasteiger partial charge is 0.375 e. The SMILES string of the molecule is COCC(=O)N1CCN(C(=O)C(C)C)C[C@]2(CC(=O)N(C)C2)C1. The third kappa shape index (κ3) is 3.83. The van der Waals surface area contributed by atoms with Gasteiger partial charge in [-0.05, 0) is 0 Å². The van der Waals surface area contributed by atoms with Crippen LogP contribution in [0.4, 0.5) is 0 Å². The molecule has 2 aliphatic heterocycles. The number of carbonyl (C=O) groups excluding carboxylic acids is 3. The van der Waals surface area contributed by atoms with Crippen LogP contribution in [0.3, 0.4) is 0 Å². The smallest absolute Gasteiger partial charge is 0.248 e. The average Bonchev–Trinajstić information content (AvgIpc) is 2.65. The summed E-state index contributed by atoms with van der Waals surface area (Å²) in [7, 11) is 3.27. The van der Waals surface area contributed by atoms with E-state index in [2.05, 4.69) is 0 Å². The predicted molar refractivity (Wildman–Crippen MR) is 84.6 cm³/mol. The van der Waals surface area contributed by atoms with E-state index in [1.54, 1.807) is 16.8 Å². The standard InChI is InChI=1S/C16H27N3O4/c1-12(2)15(22)19-6-5-18(14(21)8-23-4)10-16(11-19)7-13(20)17(3)9-16/h12H,5-11H2,1-4H3/t16-/m0/s1. The van der Waals surface area contributed by atoms with Gasteiger partial charge in [0.05, 0.1) is 0 Å². The van der Waals surface area contributed by atoms with E-state index in [1.807, 2.05) is 18.7 Å². The number of likely N-dealkylation sites (tertiary alicyclic amines) is 1. The van der Waals surface area contributed by atoms with Crippen LogP contribution in [0.15, 0.2) is 0 Å². The first-order valence-corrected chi connectivity index (χ1v) is 8.07. The molecule has 1 atom stereocenters. The van der Waals surface area contributed by atoms with Crippen molar-refractivity contribution >= 4 is 17.7 Å². The van der Waals surface area contributed by atoms with Crippen molar-refractivity contribution in [2.75, 3.05) is 53.5 Å². The topological polar surface area (TPSA) is 70.2 Å². The molecule has 2 heterocycles. The Labute approximate surface area is 137 Å². The molecule has 0 N–H and O–H groups in total. The Kier molecular flexibility index (Phi) is 5.29. The zero-order valence-corrected chi connectivity index (χ0v) is 14.5. The summed E-state index contributed by atoms with van der Waals surface area (Å²) >= 11 is 0. The van der Waals surface area contributed by atoms with Gasteiger partial charge in [-0.15, -0.1) is 0 Å². The fourth-order valence-electron chi connectivity index (χ4n) is 3.55. The Morgan fingerprint density at radius 1 is 1.17 bits per heavy atom. The van der Waals surface area contributed by atoms with E-state index in [0.29, 0.717) is 39.1 Å². The van der Waals surface area contributed by atoms with Gasteiger partial charge in [0.1, 0.15) is 6.61 Å². The molecule has 0 aliphatic carbocycles. The minimum atomic E-state index is -0.379. The lowest BCUT2D eigenvalue weighted by atomic mass is 9.85. The minimum absolute atomic E-state index is 0.0258. The number of carbonyl (C=O) groups is 3. The summed E-state index contributed by atoms with van der Waals surface area (Å²) in [6.45, 7) is 6.36. The zero-order valence-electron chi connectivity index (χ0n) is 14.5. The van der Waals surface area contributed by atoms with Gasteiger partial charge in [-0.3, -0.25) is 14.4 Å². The molecule has 7 nitrogen and oxygen atoms in total. The van der Waals surface area contributed by atoms with Crippen molar-refractivity contribution < 1.29 is 19.1 Å². The lowest BCUT2D eigenvalue weighted by Crippen LogP contribution is -2.46. The first kappa shape index (κ1) is 17.7. The summed E-state index contributed by atoms with van der Waals surface area (Å²) in [4.78, 5) is 42.0. The molecule has 7 heteroatoms. The summed E-state index contributed by atoms with van der Waals surface area (Å²) in [5, 5.41) is 0. The van der Waals surface area contributed by atoms with E-state index >= 15 is 0 Å². The van der Waals surface area contributed by atoms with E-state index in [4.69, 9.17) is 4.74 Å². The van der Waals surface area contributed by atoms with Crippen LogP contribution in [-0.2, 0) is 19.1 Å². The highest BCUT2D eigenvalue weighted by atomic mass is 16.5. The van der Waals surface area contributed by atoms with Gasteiger partial charge >= 0.3 is 0 Å². The third-order valence-corrected chi connectivity index (χ3v) is 4.64. The fourth-order valence-corrected chi connectivity index (χ4v) is 3.55. The van der Waals surface area contributed by atoms with Gasteiger partial charge < -0.3 is 19.4 Å². The fraction of sp³-hybridized carbons (Fsp3) is 0.812. The Hall–Kier alpha value is -1.63. The highest BCUT2D eigenvalue weighted by Crippen LogP contribution is 2.34. The maximum absolute atomic E-state index is 12.5. The van der Waals surface area contributed by atoms with Crippen molar-refractivity contribution in [3.63, 3.8) is 0 Å². The molecule has 0 saturated carbocycles. The van der Waals surface area contributed by atoms with Gasteiger partial charge in [0, 0.05) is 64.6 Å². The highest BCUT2D eigenvalue weighted by Gasteiger charge is 2.47. The van der Waals surface area contributed by atoms with Crippen LogP contribution in [0.2, 0.25) is 0 Å². The molecule has 130 valence electrons. The molecule has 2 fully saturated rings. The van der Waals surface area contributed by atoms with Crippen LogP contribution in [0.1, 0.15) is 20.3 Å². The van der Waals surface area contributed by atoms with Crippen molar-refractivity contribution in [2.45, 2.75) is 20.3 Å².